The Morgan fingerprint density at radius 2 is 2.40 bits per heavy atom. The average Bonchev–Trinajstić information content (AvgIpc) is 1.95. The second-order valence-corrected chi connectivity index (χ2v) is 2.94. The largest absolute Gasteiger partial charge is 0.195 e. The molecule has 0 aliphatic heterocycles. The van der Waals surface area contributed by atoms with E-state index in [2.05, 4.69) is 51.0 Å². The van der Waals surface area contributed by atoms with Gasteiger partial charge in [0, 0.05) is 3.57 Å². The molecule has 1 aromatic rings. The molecular formula is C7H3INS. The van der Waals surface area contributed by atoms with Crippen LogP contribution in [0.1, 0.15) is 0 Å². The minimum Gasteiger partial charge on any atom is -0.195 e. The lowest BCUT2D eigenvalue weighted by Crippen LogP contribution is -1.67. The van der Waals surface area contributed by atoms with Gasteiger partial charge in [-0.15, -0.1) is 0 Å². The molecule has 3 heteroatoms. The highest BCUT2D eigenvalue weighted by molar-refractivity contribution is 14.1. The number of benzene rings is 1. The molecule has 1 aromatic carbocycles. The molecule has 1 nitrogen and oxygen atoms in total. The highest BCUT2D eigenvalue weighted by Crippen LogP contribution is 2.12. The van der Waals surface area contributed by atoms with Crippen LogP contribution in [0, 0.1) is 9.64 Å². The average molecular weight is 260 g/mol. The zero-order chi connectivity index (χ0) is 7.40. The summed E-state index contributed by atoms with van der Waals surface area (Å²) in [5, 5.41) is 2.29. The molecule has 0 heterocycles. The Bertz CT molecular complexity index is 261. The normalized spacial score (nSPS) is 8.50. The summed E-state index contributed by atoms with van der Waals surface area (Å²) in [6.45, 7) is 0. The molecule has 0 aromatic heterocycles. The van der Waals surface area contributed by atoms with Gasteiger partial charge < -0.3 is 0 Å². The zero-order valence-electron chi connectivity index (χ0n) is 4.97. The molecule has 0 saturated carbocycles. The highest BCUT2D eigenvalue weighted by Gasteiger charge is 1.86. The first kappa shape index (κ1) is 7.85. The lowest BCUT2D eigenvalue weighted by molar-refractivity contribution is 1.52. The van der Waals surface area contributed by atoms with E-state index in [-0.39, 0.29) is 0 Å². The molecule has 1 radical (unpaired) electrons. The second kappa shape index (κ2) is 3.81. The molecule has 0 aliphatic carbocycles. The van der Waals surface area contributed by atoms with E-state index in [0.717, 1.165) is 9.26 Å². The van der Waals surface area contributed by atoms with Gasteiger partial charge in [0.05, 0.1) is 10.8 Å². The molecule has 0 N–H and O–H groups in total. The first-order valence-electron chi connectivity index (χ1n) is 2.58. The Hall–Kier alpha value is -0.250. The number of rotatable bonds is 1. The van der Waals surface area contributed by atoms with E-state index in [1.54, 1.807) is 6.07 Å². The van der Waals surface area contributed by atoms with Crippen LogP contribution in [0.2, 0.25) is 0 Å². The molecule has 0 atom stereocenters. The minimum absolute atomic E-state index is 0.801. The molecule has 1 rings (SSSR count). The lowest BCUT2D eigenvalue weighted by Gasteiger charge is -1.88. The molecular weight excluding hydrogens is 257 g/mol. The molecule has 10 heavy (non-hydrogen) atoms. The smallest absolute Gasteiger partial charge is 0.0746 e. The molecule has 0 unspecified atom stereocenters. The molecule has 0 aliphatic rings. The molecule has 0 bridgehead atoms. The van der Waals surface area contributed by atoms with Gasteiger partial charge in [-0.25, -0.2) is 0 Å². The molecule has 0 fully saturated rings. The summed E-state index contributed by atoms with van der Waals surface area (Å²) >= 11 is 6.62. The first-order valence-corrected chi connectivity index (χ1v) is 4.07. The van der Waals surface area contributed by atoms with Gasteiger partial charge >= 0.3 is 0 Å². The van der Waals surface area contributed by atoms with E-state index < -0.39 is 0 Å². The van der Waals surface area contributed by atoms with Gasteiger partial charge in [-0.1, -0.05) is 0 Å². The third-order valence-electron chi connectivity index (χ3n) is 0.933. The van der Waals surface area contributed by atoms with Gasteiger partial charge in [-0.05, 0) is 59.1 Å². The monoisotopic (exact) mass is 260 g/mol. The van der Waals surface area contributed by atoms with Crippen LogP contribution >= 0.6 is 34.8 Å². The fraction of sp³-hybridized carbons (Fsp3) is 0. The van der Waals surface area contributed by atoms with E-state index in [1.807, 2.05) is 12.1 Å². The quantitative estimate of drug-likeness (QED) is 0.429. The van der Waals surface area contributed by atoms with Crippen molar-refractivity contribution >= 4 is 45.7 Å². The topological polar surface area (TPSA) is 12.4 Å². The summed E-state index contributed by atoms with van der Waals surface area (Å²) in [6, 6.07) is 8.57. The maximum absolute atomic E-state index is 4.43. The number of thiocarbonyl (C=S) groups is 1. The standard InChI is InChI=1S/C7H3INS/c8-6-1-3-7(4-2-6)9-5-10/h1,3-4H. The number of nitrogens with zero attached hydrogens (tertiary/aromatic N) is 1. The minimum atomic E-state index is 0.801. The Labute approximate surface area is 78.3 Å². The van der Waals surface area contributed by atoms with Gasteiger partial charge in [-0.2, -0.15) is 4.99 Å². The van der Waals surface area contributed by atoms with Crippen LogP contribution in [-0.4, -0.2) is 5.16 Å². The molecule has 0 amide bonds. The fourth-order valence-corrected chi connectivity index (χ4v) is 0.961. The SMILES string of the molecule is S=C=Nc1c[c]c(I)cc1. The van der Waals surface area contributed by atoms with Crippen LogP contribution in [0.3, 0.4) is 0 Å². The molecule has 49 valence electrons. The van der Waals surface area contributed by atoms with E-state index in [9.17, 15) is 0 Å². The van der Waals surface area contributed by atoms with E-state index >= 15 is 0 Å². The third kappa shape index (κ3) is 2.17. The van der Waals surface area contributed by atoms with Gasteiger partial charge in [0.25, 0.3) is 0 Å². The summed E-state index contributed by atoms with van der Waals surface area (Å²) < 4.78 is 1.07. The van der Waals surface area contributed by atoms with E-state index in [0.29, 0.717) is 0 Å². The summed E-state index contributed by atoms with van der Waals surface area (Å²) in [4.78, 5) is 3.78. The van der Waals surface area contributed by atoms with Crippen LogP contribution in [0.4, 0.5) is 5.69 Å². The number of isothiocyanates is 1. The van der Waals surface area contributed by atoms with Crippen molar-refractivity contribution < 1.29 is 0 Å². The van der Waals surface area contributed by atoms with Crippen molar-refractivity contribution in [2.75, 3.05) is 0 Å². The summed E-state index contributed by atoms with van der Waals surface area (Å²) in [7, 11) is 0. The van der Waals surface area contributed by atoms with Crippen molar-refractivity contribution in [2.45, 2.75) is 0 Å². The molecule has 0 spiro atoms. The Morgan fingerprint density at radius 1 is 1.60 bits per heavy atom. The maximum atomic E-state index is 4.43. The highest BCUT2D eigenvalue weighted by atomic mass is 127. The number of hydrogen-bond acceptors (Lipinski definition) is 2. The second-order valence-electron chi connectivity index (χ2n) is 1.60. The Balaban J connectivity index is 3.00. The summed E-state index contributed by atoms with van der Waals surface area (Å²) in [5.41, 5.74) is 0.801. The third-order valence-corrected chi connectivity index (χ3v) is 1.70. The number of hydrogen-bond donors (Lipinski definition) is 0. The van der Waals surface area contributed by atoms with E-state index in [1.165, 1.54) is 0 Å². The van der Waals surface area contributed by atoms with Crippen molar-refractivity contribution in [1.29, 1.82) is 0 Å². The lowest BCUT2D eigenvalue weighted by atomic mass is 10.3. The van der Waals surface area contributed by atoms with Crippen LogP contribution in [0.5, 0.6) is 0 Å². The van der Waals surface area contributed by atoms with Crippen molar-refractivity contribution in [3.63, 3.8) is 0 Å². The maximum Gasteiger partial charge on any atom is 0.0746 e. The Kier molecular flexibility index (Phi) is 2.99. The summed E-state index contributed by atoms with van der Waals surface area (Å²) in [5.74, 6) is 0. The number of aliphatic imine (C=N–C) groups is 1. The van der Waals surface area contributed by atoms with Crippen molar-refractivity contribution in [3.05, 3.63) is 27.8 Å². The van der Waals surface area contributed by atoms with Crippen LogP contribution in [0.15, 0.2) is 23.2 Å². The predicted octanol–water partition coefficient (Wildman–Crippen LogP) is 2.83. The van der Waals surface area contributed by atoms with Crippen molar-refractivity contribution in [3.8, 4) is 0 Å². The van der Waals surface area contributed by atoms with Crippen molar-refractivity contribution in [1.82, 2.24) is 0 Å². The van der Waals surface area contributed by atoms with E-state index in [4.69, 9.17) is 0 Å². The van der Waals surface area contributed by atoms with Crippen LogP contribution in [0.25, 0.3) is 0 Å². The van der Waals surface area contributed by atoms with Crippen LogP contribution in [-0.2, 0) is 0 Å². The zero-order valence-corrected chi connectivity index (χ0v) is 7.94. The molecule has 0 saturated heterocycles. The van der Waals surface area contributed by atoms with Gasteiger partial charge in [0.2, 0.25) is 0 Å². The van der Waals surface area contributed by atoms with Gasteiger partial charge in [0.15, 0.2) is 0 Å². The van der Waals surface area contributed by atoms with Gasteiger partial charge in [0.1, 0.15) is 0 Å². The Morgan fingerprint density at radius 3 is 2.90 bits per heavy atom. The van der Waals surface area contributed by atoms with Gasteiger partial charge in [-0.3, -0.25) is 0 Å². The predicted molar refractivity (Wildman–Crippen MR) is 52.7 cm³/mol. The first-order chi connectivity index (χ1) is 4.83. The van der Waals surface area contributed by atoms with Crippen molar-refractivity contribution in [2.24, 2.45) is 4.99 Å². The number of halogens is 1. The van der Waals surface area contributed by atoms with Crippen LogP contribution < -0.4 is 0 Å². The summed E-state index contributed by atoms with van der Waals surface area (Å²) in [6.07, 6.45) is 0. The fourth-order valence-electron chi connectivity index (χ4n) is 0.520.